The van der Waals surface area contributed by atoms with Crippen LogP contribution in [-0.4, -0.2) is 48.5 Å². The molecular weight excluding hydrogens is 355 g/mol. The van der Waals surface area contributed by atoms with Gasteiger partial charge in [-0.1, -0.05) is 0 Å². The van der Waals surface area contributed by atoms with Crippen molar-refractivity contribution in [1.82, 2.24) is 10.3 Å². The van der Waals surface area contributed by atoms with E-state index in [-0.39, 0.29) is 11.9 Å². The Labute approximate surface area is 167 Å². The number of hydrogen-bond donors (Lipinski definition) is 1. The van der Waals surface area contributed by atoms with Crippen LogP contribution in [0.25, 0.3) is 0 Å². The number of pyridine rings is 1. The van der Waals surface area contributed by atoms with Crippen molar-refractivity contribution < 1.29 is 18.8 Å². The quantitative estimate of drug-likeness (QED) is 0.807. The fraction of sp³-hybridized carbons (Fsp3) is 0.714. The lowest BCUT2D eigenvalue weighted by atomic mass is 9.72. The van der Waals surface area contributed by atoms with Gasteiger partial charge in [0.1, 0.15) is 5.69 Å². The maximum Gasteiger partial charge on any atom is 0.495 e. The highest BCUT2D eigenvalue weighted by Crippen LogP contribution is 2.37. The molecule has 0 radical (unpaired) electrons. The highest BCUT2D eigenvalue weighted by atomic mass is 16.7. The monoisotopic (exact) mass is 386 g/mol. The summed E-state index contributed by atoms with van der Waals surface area (Å²) in [5.41, 5.74) is 2.85. The van der Waals surface area contributed by atoms with Crippen molar-refractivity contribution in [3.8, 4) is 0 Å². The number of nitrogens with zero attached hydrogens (tertiary/aromatic N) is 1. The first-order valence-electron chi connectivity index (χ1n) is 10.5. The van der Waals surface area contributed by atoms with E-state index < -0.39 is 18.3 Å². The maximum atomic E-state index is 12.9. The lowest BCUT2D eigenvalue weighted by molar-refractivity contribution is 0.00578. The molecule has 4 rings (SSSR count). The van der Waals surface area contributed by atoms with Crippen LogP contribution in [-0.2, 0) is 26.9 Å². The summed E-state index contributed by atoms with van der Waals surface area (Å²) in [6.45, 7) is 9.61. The van der Waals surface area contributed by atoms with E-state index in [2.05, 4.69) is 33.0 Å². The number of hydrogen-bond acceptors (Lipinski definition) is 5. The normalized spacial score (nSPS) is 24.1. The molecule has 0 bridgehead atoms. The largest absolute Gasteiger partial charge is 0.495 e. The first-order chi connectivity index (χ1) is 13.3. The Bertz CT molecular complexity index is 743. The first-order valence-corrected chi connectivity index (χ1v) is 10.5. The fourth-order valence-corrected chi connectivity index (χ4v) is 4.13. The lowest BCUT2D eigenvalue weighted by Gasteiger charge is -2.32. The van der Waals surface area contributed by atoms with Crippen LogP contribution in [0, 0.1) is 0 Å². The second kappa shape index (κ2) is 7.43. The minimum Gasteiger partial charge on any atom is -0.399 e. The molecule has 0 spiro atoms. The number of nitrogens with one attached hydrogen (secondary N) is 1. The second-order valence-corrected chi connectivity index (χ2v) is 9.18. The number of carbonyl (C=O) groups is 1. The highest BCUT2D eigenvalue weighted by Gasteiger charge is 2.52. The third-order valence-electron chi connectivity index (χ3n) is 6.63. The number of fused-ring (bicyclic) bond motifs is 1. The van der Waals surface area contributed by atoms with Gasteiger partial charge < -0.3 is 19.4 Å². The van der Waals surface area contributed by atoms with E-state index >= 15 is 0 Å². The van der Waals surface area contributed by atoms with Crippen LogP contribution in [0.5, 0.6) is 0 Å². The average Bonchev–Trinajstić information content (AvgIpc) is 2.89. The van der Waals surface area contributed by atoms with Gasteiger partial charge in [-0.05, 0) is 83.3 Å². The van der Waals surface area contributed by atoms with Gasteiger partial charge in [-0.15, -0.1) is 0 Å². The molecule has 7 heteroatoms. The summed E-state index contributed by atoms with van der Waals surface area (Å²) in [5.74, 6) is -0.113. The van der Waals surface area contributed by atoms with E-state index in [0.29, 0.717) is 18.9 Å². The van der Waals surface area contributed by atoms with Gasteiger partial charge in [-0.2, -0.15) is 0 Å². The van der Waals surface area contributed by atoms with E-state index in [1.54, 1.807) is 0 Å². The van der Waals surface area contributed by atoms with Gasteiger partial charge in [0.05, 0.1) is 11.2 Å². The van der Waals surface area contributed by atoms with E-state index in [1.165, 1.54) is 5.56 Å². The first kappa shape index (κ1) is 19.9. The summed E-state index contributed by atoms with van der Waals surface area (Å²) in [6, 6.07) is 2.04. The van der Waals surface area contributed by atoms with E-state index in [9.17, 15) is 4.79 Å². The van der Waals surface area contributed by atoms with Crippen molar-refractivity contribution in [3.63, 3.8) is 0 Å². The Kier molecular flexibility index (Phi) is 5.27. The summed E-state index contributed by atoms with van der Waals surface area (Å²) >= 11 is 0. The number of aromatic nitrogens is 1. The molecule has 28 heavy (non-hydrogen) atoms. The zero-order valence-corrected chi connectivity index (χ0v) is 17.5. The molecule has 2 aliphatic heterocycles. The van der Waals surface area contributed by atoms with Crippen molar-refractivity contribution >= 4 is 18.5 Å². The van der Waals surface area contributed by atoms with Crippen LogP contribution in [0.2, 0.25) is 0 Å². The Morgan fingerprint density at radius 2 is 1.75 bits per heavy atom. The minimum atomic E-state index is -0.463. The molecule has 1 amide bonds. The summed E-state index contributed by atoms with van der Waals surface area (Å²) in [4.78, 5) is 17.7. The van der Waals surface area contributed by atoms with Crippen LogP contribution in [0.4, 0.5) is 0 Å². The Balaban J connectivity index is 1.64. The number of ether oxygens (including phenoxy) is 1. The van der Waals surface area contributed by atoms with E-state index in [4.69, 9.17) is 19.0 Å². The van der Waals surface area contributed by atoms with Crippen LogP contribution < -0.4 is 10.8 Å². The van der Waals surface area contributed by atoms with Gasteiger partial charge in [0, 0.05) is 24.9 Å². The highest BCUT2D eigenvalue weighted by molar-refractivity contribution is 6.62. The zero-order chi connectivity index (χ0) is 19.9. The Hall–Kier alpha value is -1.44. The molecule has 6 nitrogen and oxygen atoms in total. The number of rotatable bonds is 3. The number of amides is 1. The molecule has 0 aromatic carbocycles. The van der Waals surface area contributed by atoms with Crippen molar-refractivity contribution in [3.05, 3.63) is 23.0 Å². The van der Waals surface area contributed by atoms with Crippen LogP contribution >= 0.6 is 0 Å². The summed E-state index contributed by atoms with van der Waals surface area (Å²) in [6.07, 6.45) is 5.80. The molecule has 0 unspecified atom stereocenters. The number of carbonyl (C=O) groups excluding carboxylic acids is 1. The van der Waals surface area contributed by atoms with Crippen molar-refractivity contribution in [2.24, 2.45) is 0 Å². The molecule has 3 heterocycles. The fourth-order valence-electron chi connectivity index (χ4n) is 4.13. The predicted octanol–water partition coefficient (Wildman–Crippen LogP) is 2.17. The van der Waals surface area contributed by atoms with Crippen LogP contribution in [0.15, 0.2) is 6.07 Å². The van der Waals surface area contributed by atoms with Crippen molar-refractivity contribution in [1.29, 1.82) is 0 Å². The Morgan fingerprint density at radius 1 is 1.11 bits per heavy atom. The molecule has 1 N–H and O–H groups in total. The standard InChI is InChI=1S/C21H31BN2O4/c1-20(2)21(3,4)28-22(27-20)16-13-18(24-17-8-6-5-7-15(16)17)19(25)23-14-9-11-26-12-10-14/h13-14H,5-12H2,1-4H3,(H,23,25). The third-order valence-corrected chi connectivity index (χ3v) is 6.63. The van der Waals surface area contributed by atoms with Gasteiger partial charge >= 0.3 is 7.12 Å². The van der Waals surface area contributed by atoms with Gasteiger partial charge in [0.2, 0.25) is 0 Å². The third kappa shape index (κ3) is 3.72. The molecule has 0 saturated carbocycles. The summed E-state index contributed by atoms with van der Waals surface area (Å²) in [5, 5.41) is 3.13. The molecular formula is C21H31BN2O4. The lowest BCUT2D eigenvalue weighted by Crippen LogP contribution is -2.42. The molecule has 152 valence electrons. The number of aryl methyl sites for hydroxylation is 1. The molecule has 1 aromatic heterocycles. The summed E-state index contributed by atoms with van der Waals surface area (Å²) in [7, 11) is -0.463. The topological polar surface area (TPSA) is 69.7 Å². The van der Waals surface area contributed by atoms with E-state index in [0.717, 1.165) is 49.7 Å². The van der Waals surface area contributed by atoms with Gasteiger partial charge in [-0.3, -0.25) is 4.79 Å². The van der Waals surface area contributed by atoms with Gasteiger partial charge in [0.15, 0.2) is 0 Å². The molecule has 0 atom stereocenters. The van der Waals surface area contributed by atoms with E-state index in [1.807, 2.05) is 6.07 Å². The molecule has 1 aromatic rings. The second-order valence-electron chi connectivity index (χ2n) is 9.18. The van der Waals surface area contributed by atoms with Crippen molar-refractivity contribution in [2.75, 3.05) is 13.2 Å². The Morgan fingerprint density at radius 3 is 2.43 bits per heavy atom. The molecule has 2 fully saturated rings. The van der Waals surface area contributed by atoms with Crippen LogP contribution in [0.1, 0.15) is 75.1 Å². The summed E-state index contributed by atoms with van der Waals surface area (Å²) < 4.78 is 18.0. The molecule has 1 aliphatic carbocycles. The van der Waals surface area contributed by atoms with Gasteiger partial charge in [0.25, 0.3) is 5.91 Å². The smallest absolute Gasteiger partial charge is 0.399 e. The van der Waals surface area contributed by atoms with Gasteiger partial charge in [-0.25, -0.2) is 4.98 Å². The zero-order valence-electron chi connectivity index (χ0n) is 17.5. The average molecular weight is 386 g/mol. The minimum absolute atomic E-state index is 0.113. The predicted molar refractivity (Wildman–Crippen MR) is 108 cm³/mol. The molecule has 2 saturated heterocycles. The van der Waals surface area contributed by atoms with Crippen LogP contribution in [0.3, 0.4) is 0 Å². The SMILES string of the molecule is CC1(C)OB(c2cc(C(=O)NC3CCOCC3)nc3c2CCCC3)OC1(C)C. The maximum absolute atomic E-state index is 12.9. The van der Waals surface area contributed by atoms with Crippen molar-refractivity contribution in [2.45, 2.75) is 83.5 Å². The molecule has 3 aliphatic rings.